The molecule has 1 aliphatic rings. The van der Waals surface area contributed by atoms with Gasteiger partial charge in [-0.1, -0.05) is 31.4 Å². The van der Waals surface area contributed by atoms with E-state index in [9.17, 15) is 8.42 Å². The molecule has 0 aromatic heterocycles. The van der Waals surface area contributed by atoms with Gasteiger partial charge in [0.15, 0.2) is 0 Å². The van der Waals surface area contributed by atoms with Crippen LogP contribution in [0.15, 0.2) is 12.2 Å². The van der Waals surface area contributed by atoms with E-state index in [1.54, 1.807) is 12.2 Å². The van der Waals surface area contributed by atoms with Crippen molar-refractivity contribution in [3.05, 3.63) is 12.2 Å². The van der Waals surface area contributed by atoms with Crippen molar-refractivity contribution in [1.29, 1.82) is 0 Å². The standard InChI is InChI=1S/C11H22N2O2S/c12-8-4-5-9-13-16(14,15)10-11-6-2-1-3-7-11/h4-5,11,13H,1-3,6-10,12H2/b5-4+. The first-order valence-corrected chi connectivity index (χ1v) is 7.61. The third-order valence-corrected chi connectivity index (χ3v) is 4.42. The van der Waals surface area contributed by atoms with Crippen LogP contribution in [0, 0.1) is 5.92 Å². The lowest BCUT2D eigenvalue weighted by Gasteiger charge is -2.21. The van der Waals surface area contributed by atoms with Gasteiger partial charge < -0.3 is 5.73 Å². The third kappa shape index (κ3) is 5.63. The second-order valence-corrected chi connectivity index (χ2v) is 6.19. The summed E-state index contributed by atoms with van der Waals surface area (Å²) in [4.78, 5) is 0. The molecule has 1 rings (SSSR count). The topological polar surface area (TPSA) is 72.2 Å². The number of nitrogens with two attached hydrogens (primary N) is 1. The minimum atomic E-state index is -3.10. The summed E-state index contributed by atoms with van der Waals surface area (Å²) in [7, 11) is -3.10. The van der Waals surface area contributed by atoms with Crippen molar-refractivity contribution in [3.63, 3.8) is 0 Å². The maximum absolute atomic E-state index is 11.7. The predicted octanol–water partition coefficient (Wildman–Crippen LogP) is 1.00. The third-order valence-electron chi connectivity index (χ3n) is 2.90. The van der Waals surface area contributed by atoms with Crippen LogP contribution >= 0.6 is 0 Å². The molecule has 0 amide bonds. The van der Waals surface area contributed by atoms with E-state index in [-0.39, 0.29) is 5.75 Å². The molecule has 0 bridgehead atoms. The van der Waals surface area contributed by atoms with E-state index in [1.807, 2.05) is 0 Å². The highest BCUT2D eigenvalue weighted by Gasteiger charge is 2.20. The van der Waals surface area contributed by atoms with Crippen LogP contribution in [0.4, 0.5) is 0 Å². The number of rotatable bonds is 6. The van der Waals surface area contributed by atoms with Crippen molar-refractivity contribution >= 4 is 10.0 Å². The molecule has 0 heterocycles. The fourth-order valence-corrected chi connectivity index (χ4v) is 3.50. The van der Waals surface area contributed by atoms with Gasteiger partial charge >= 0.3 is 0 Å². The number of nitrogens with one attached hydrogen (secondary N) is 1. The Hall–Kier alpha value is -0.390. The molecule has 4 nitrogen and oxygen atoms in total. The number of hydrogen-bond donors (Lipinski definition) is 2. The van der Waals surface area contributed by atoms with Gasteiger partial charge in [0, 0.05) is 13.1 Å². The molecule has 94 valence electrons. The van der Waals surface area contributed by atoms with Crippen LogP contribution in [0.25, 0.3) is 0 Å². The van der Waals surface area contributed by atoms with Crippen molar-refractivity contribution in [3.8, 4) is 0 Å². The molecule has 0 aromatic carbocycles. The smallest absolute Gasteiger partial charge is 0.212 e. The largest absolute Gasteiger partial charge is 0.327 e. The lowest BCUT2D eigenvalue weighted by molar-refractivity contribution is 0.384. The first-order chi connectivity index (χ1) is 7.64. The van der Waals surface area contributed by atoms with E-state index in [0.717, 1.165) is 12.8 Å². The van der Waals surface area contributed by atoms with E-state index in [0.29, 0.717) is 19.0 Å². The summed E-state index contributed by atoms with van der Waals surface area (Å²) in [6, 6.07) is 0. The van der Waals surface area contributed by atoms with Crippen LogP contribution in [0.1, 0.15) is 32.1 Å². The van der Waals surface area contributed by atoms with Crippen molar-refractivity contribution < 1.29 is 8.42 Å². The molecule has 1 aliphatic carbocycles. The van der Waals surface area contributed by atoms with Crippen LogP contribution in [0.5, 0.6) is 0 Å². The van der Waals surface area contributed by atoms with Crippen LogP contribution in [-0.2, 0) is 10.0 Å². The molecule has 0 saturated heterocycles. The Balaban J connectivity index is 2.29. The fourth-order valence-electron chi connectivity index (χ4n) is 2.08. The second kappa shape index (κ2) is 7.04. The van der Waals surface area contributed by atoms with Crippen LogP contribution in [0.3, 0.4) is 0 Å². The Kier molecular flexibility index (Phi) is 6.01. The molecule has 1 saturated carbocycles. The quantitative estimate of drug-likeness (QED) is 0.687. The summed E-state index contributed by atoms with van der Waals surface area (Å²) >= 11 is 0. The fraction of sp³-hybridized carbons (Fsp3) is 0.818. The monoisotopic (exact) mass is 246 g/mol. The van der Waals surface area contributed by atoms with E-state index >= 15 is 0 Å². The molecule has 0 radical (unpaired) electrons. The molecule has 0 spiro atoms. The van der Waals surface area contributed by atoms with Crippen molar-refractivity contribution in [2.75, 3.05) is 18.8 Å². The summed E-state index contributed by atoms with van der Waals surface area (Å²) in [6.45, 7) is 0.802. The van der Waals surface area contributed by atoms with Crippen molar-refractivity contribution in [1.82, 2.24) is 4.72 Å². The molecular weight excluding hydrogens is 224 g/mol. The minimum absolute atomic E-state index is 0.281. The highest BCUT2D eigenvalue weighted by Crippen LogP contribution is 2.24. The first-order valence-electron chi connectivity index (χ1n) is 5.96. The number of sulfonamides is 1. The average Bonchev–Trinajstić information content (AvgIpc) is 2.25. The van der Waals surface area contributed by atoms with Gasteiger partial charge in [-0.3, -0.25) is 0 Å². The van der Waals surface area contributed by atoms with E-state index in [2.05, 4.69) is 4.72 Å². The highest BCUT2D eigenvalue weighted by atomic mass is 32.2. The van der Waals surface area contributed by atoms with Gasteiger partial charge in [-0.2, -0.15) is 0 Å². The molecule has 0 atom stereocenters. The van der Waals surface area contributed by atoms with Gasteiger partial charge in [-0.15, -0.1) is 0 Å². The van der Waals surface area contributed by atoms with Crippen LogP contribution in [-0.4, -0.2) is 27.3 Å². The number of hydrogen-bond acceptors (Lipinski definition) is 3. The Morgan fingerprint density at radius 2 is 1.88 bits per heavy atom. The highest BCUT2D eigenvalue weighted by molar-refractivity contribution is 7.89. The molecule has 16 heavy (non-hydrogen) atoms. The van der Waals surface area contributed by atoms with Gasteiger partial charge in [0.2, 0.25) is 10.0 Å². The normalized spacial score (nSPS) is 19.3. The Morgan fingerprint density at radius 3 is 2.50 bits per heavy atom. The SMILES string of the molecule is NC/C=C/CNS(=O)(=O)CC1CCCCC1. The molecular formula is C11H22N2O2S. The Morgan fingerprint density at radius 1 is 1.19 bits per heavy atom. The summed E-state index contributed by atoms with van der Waals surface area (Å²) in [5, 5.41) is 0. The van der Waals surface area contributed by atoms with Gasteiger partial charge in [0.1, 0.15) is 0 Å². The zero-order valence-corrected chi connectivity index (χ0v) is 10.5. The van der Waals surface area contributed by atoms with Gasteiger partial charge in [-0.25, -0.2) is 13.1 Å². The summed E-state index contributed by atoms with van der Waals surface area (Å²) in [6.07, 6.45) is 9.21. The van der Waals surface area contributed by atoms with E-state index < -0.39 is 10.0 Å². The predicted molar refractivity (Wildman–Crippen MR) is 66.6 cm³/mol. The van der Waals surface area contributed by atoms with Gasteiger partial charge in [-0.05, 0) is 18.8 Å². The van der Waals surface area contributed by atoms with Crippen molar-refractivity contribution in [2.45, 2.75) is 32.1 Å². The summed E-state index contributed by atoms with van der Waals surface area (Å²) < 4.78 is 25.9. The van der Waals surface area contributed by atoms with Crippen LogP contribution < -0.4 is 10.5 Å². The summed E-state index contributed by atoms with van der Waals surface area (Å²) in [5.41, 5.74) is 5.26. The van der Waals surface area contributed by atoms with Gasteiger partial charge in [0.05, 0.1) is 5.75 Å². The van der Waals surface area contributed by atoms with Crippen LogP contribution in [0.2, 0.25) is 0 Å². The minimum Gasteiger partial charge on any atom is -0.327 e. The van der Waals surface area contributed by atoms with E-state index in [1.165, 1.54) is 19.3 Å². The molecule has 0 aliphatic heterocycles. The van der Waals surface area contributed by atoms with Gasteiger partial charge in [0.25, 0.3) is 0 Å². The van der Waals surface area contributed by atoms with E-state index in [4.69, 9.17) is 5.73 Å². The Labute approximate surface area is 98.3 Å². The summed E-state index contributed by atoms with van der Waals surface area (Å²) in [5.74, 6) is 0.633. The first kappa shape index (κ1) is 13.7. The average molecular weight is 246 g/mol. The lowest BCUT2D eigenvalue weighted by atomic mass is 9.91. The lowest BCUT2D eigenvalue weighted by Crippen LogP contribution is -2.30. The van der Waals surface area contributed by atoms with Crippen molar-refractivity contribution in [2.24, 2.45) is 11.7 Å². The molecule has 1 fully saturated rings. The molecule has 3 N–H and O–H groups in total. The zero-order valence-electron chi connectivity index (χ0n) is 9.69. The Bertz CT molecular complexity index is 306. The maximum atomic E-state index is 11.7. The zero-order chi connectivity index (χ0) is 11.9. The molecule has 0 unspecified atom stereocenters. The molecule has 0 aromatic rings. The second-order valence-electron chi connectivity index (χ2n) is 4.34. The molecule has 5 heteroatoms. The maximum Gasteiger partial charge on any atom is 0.212 e.